The maximum absolute atomic E-state index is 12.8. The number of nitrogens with zero attached hydrogens (tertiary/aromatic N) is 3. The normalized spacial score (nSPS) is 19.1. The molecule has 2 aromatic heterocycles. The average molecular weight is 483 g/mol. The molecule has 186 valence electrons. The van der Waals surface area contributed by atoms with E-state index < -0.39 is 29.3 Å². The maximum Gasteiger partial charge on any atom is 0.418 e. The van der Waals surface area contributed by atoms with Crippen LogP contribution in [0, 0.1) is 5.92 Å². The quantitative estimate of drug-likeness (QED) is 0.572. The minimum Gasteiger partial charge on any atom is -0.481 e. The lowest BCUT2D eigenvalue weighted by Gasteiger charge is -2.37. The summed E-state index contributed by atoms with van der Waals surface area (Å²) in [5.41, 5.74) is -0.447. The lowest BCUT2D eigenvalue weighted by Crippen LogP contribution is -2.46. The second-order valence-electron chi connectivity index (χ2n) is 9.86. The Hall–Kier alpha value is -3.66. The van der Waals surface area contributed by atoms with Gasteiger partial charge in [0.1, 0.15) is 5.60 Å². The number of nitrogens with one attached hydrogen (secondary N) is 1. The van der Waals surface area contributed by atoms with E-state index in [0.717, 1.165) is 4.57 Å². The summed E-state index contributed by atoms with van der Waals surface area (Å²) in [5, 5.41) is 10.4. The fourth-order valence-electron chi connectivity index (χ4n) is 4.64. The number of carboxylic acids is 1. The molecule has 2 atom stereocenters. The zero-order chi connectivity index (χ0) is 25.3. The highest BCUT2D eigenvalue weighted by Gasteiger charge is 2.37. The molecule has 0 saturated carbocycles. The van der Waals surface area contributed by atoms with Crippen molar-refractivity contribution in [3.63, 3.8) is 0 Å². The Morgan fingerprint density at radius 3 is 2.57 bits per heavy atom. The molecule has 35 heavy (non-hydrogen) atoms. The molecule has 1 fully saturated rings. The highest BCUT2D eigenvalue weighted by atomic mass is 16.6. The Bertz CT molecular complexity index is 1360. The second kappa shape index (κ2) is 9.53. The number of carbonyl (C=O) groups is 2. The smallest absolute Gasteiger partial charge is 0.418 e. The molecule has 1 aliphatic rings. The van der Waals surface area contributed by atoms with Crippen molar-refractivity contribution in [2.45, 2.75) is 45.3 Å². The molecule has 4 rings (SSSR count). The number of H-pyrrole nitrogens is 1. The van der Waals surface area contributed by atoms with Gasteiger partial charge in [-0.25, -0.2) is 9.59 Å². The van der Waals surface area contributed by atoms with Crippen molar-refractivity contribution in [1.82, 2.24) is 19.0 Å². The summed E-state index contributed by atoms with van der Waals surface area (Å²) in [6.07, 6.45) is 1.55. The maximum atomic E-state index is 12.8. The fourth-order valence-corrected chi connectivity index (χ4v) is 4.64. The van der Waals surface area contributed by atoms with E-state index in [1.807, 2.05) is 4.90 Å². The first-order valence-corrected chi connectivity index (χ1v) is 11.6. The molecule has 1 aromatic carbocycles. The molecule has 10 nitrogen and oxygen atoms in total. The number of piperidine rings is 1. The third kappa shape index (κ3) is 5.22. The molecular formula is C25H30N4O6. The van der Waals surface area contributed by atoms with Crippen LogP contribution < -0.4 is 11.2 Å². The molecule has 2 unspecified atom stereocenters. The van der Waals surface area contributed by atoms with Crippen molar-refractivity contribution in [2.24, 2.45) is 5.92 Å². The molecule has 0 bridgehead atoms. The van der Waals surface area contributed by atoms with Crippen molar-refractivity contribution in [3.05, 3.63) is 69.1 Å². The Balaban J connectivity index is 1.50. The molecule has 10 heteroatoms. The van der Waals surface area contributed by atoms with Gasteiger partial charge in [-0.3, -0.25) is 18.7 Å². The summed E-state index contributed by atoms with van der Waals surface area (Å²) in [5.74, 6) is -2.10. The van der Waals surface area contributed by atoms with Gasteiger partial charge in [-0.15, -0.1) is 0 Å². The van der Waals surface area contributed by atoms with Crippen molar-refractivity contribution < 1.29 is 19.4 Å². The predicted octanol–water partition coefficient (Wildman–Crippen LogP) is 2.46. The van der Waals surface area contributed by atoms with Crippen LogP contribution in [0.4, 0.5) is 4.79 Å². The molecule has 3 heterocycles. The molecule has 0 radical (unpaired) electrons. The lowest BCUT2D eigenvalue weighted by atomic mass is 9.83. The zero-order valence-electron chi connectivity index (χ0n) is 20.1. The number of rotatable bonds is 5. The minimum absolute atomic E-state index is 0.143. The third-order valence-corrected chi connectivity index (χ3v) is 6.29. The largest absolute Gasteiger partial charge is 0.481 e. The second-order valence-corrected chi connectivity index (χ2v) is 9.86. The number of fused-ring (bicyclic) bond motifs is 1. The van der Waals surface area contributed by atoms with Crippen LogP contribution >= 0.6 is 0 Å². The van der Waals surface area contributed by atoms with Crippen LogP contribution in [0.5, 0.6) is 0 Å². The minimum atomic E-state index is -0.961. The van der Waals surface area contributed by atoms with Crippen molar-refractivity contribution in [1.29, 1.82) is 0 Å². The molecular weight excluding hydrogens is 452 g/mol. The monoisotopic (exact) mass is 482 g/mol. The van der Waals surface area contributed by atoms with Gasteiger partial charge in [-0.05, 0) is 58.0 Å². The van der Waals surface area contributed by atoms with E-state index in [1.54, 1.807) is 63.4 Å². The Morgan fingerprint density at radius 1 is 1.11 bits per heavy atom. The van der Waals surface area contributed by atoms with Gasteiger partial charge < -0.3 is 19.7 Å². The molecule has 0 spiro atoms. The van der Waals surface area contributed by atoms with Crippen LogP contribution in [-0.4, -0.2) is 61.4 Å². The van der Waals surface area contributed by atoms with Crippen LogP contribution in [0.2, 0.25) is 0 Å². The highest BCUT2D eigenvalue weighted by Crippen LogP contribution is 2.34. The van der Waals surface area contributed by atoms with E-state index in [0.29, 0.717) is 36.1 Å². The van der Waals surface area contributed by atoms with E-state index >= 15 is 0 Å². The van der Waals surface area contributed by atoms with Gasteiger partial charge in [0.05, 0.1) is 16.8 Å². The zero-order valence-corrected chi connectivity index (χ0v) is 20.1. The van der Waals surface area contributed by atoms with Gasteiger partial charge in [0.2, 0.25) is 0 Å². The van der Waals surface area contributed by atoms with Gasteiger partial charge in [0, 0.05) is 37.4 Å². The summed E-state index contributed by atoms with van der Waals surface area (Å²) in [7, 11) is 0. The van der Waals surface area contributed by atoms with Gasteiger partial charge in [-0.2, -0.15) is 0 Å². The third-order valence-electron chi connectivity index (χ3n) is 6.29. The number of likely N-dealkylation sites (tertiary alicyclic amines) is 1. The summed E-state index contributed by atoms with van der Waals surface area (Å²) >= 11 is 0. The number of carboxylic acid groups (broad SMARTS) is 1. The van der Waals surface area contributed by atoms with E-state index in [4.69, 9.17) is 4.74 Å². The number of aromatic amines is 1. The van der Waals surface area contributed by atoms with Gasteiger partial charge >= 0.3 is 17.8 Å². The van der Waals surface area contributed by atoms with Crippen LogP contribution in [0.15, 0.2) is 52.2 Å². The molecule has 1 aliphatic heterocycles. The number of hydrogen-bond acceptors (Lipinski definition) is 6. The topological polar surface area (TPSA) is 127 Å². The number of ether oxygens (including phenoxy) is 1. The van der Waals surface area contributed by atoms with E-state index in [9.17, 15) is 24.3 Å². The van der Waals surface area contributed by atoms with Crippen molar-refractivity contribution >= 4 is 23.0 Å². The predicted molar refractivity (Wildman–Crippen MR) is 130 cm³/mol. The summed E-state index contributed by atoms with van der Waals surface area (Å²) in [6.45, 7) is 6.62. The number of carbonyl (C=O) groups excluding carboxylic acids is 1. The fraction of sp³-hybridized carbons (Fsp3) is 0.440. The van der Waals surface area contributed by atoms with E-state index in [-0.39, 0.29) is 24.6 Å². The first-order chi connectivity index (χ1) is 16.5. The number of hydrogen-bond donors (Lipinski definition) is 2. The number of aliphatic carboxylic acids is 1. The van der Waals surface area contributed by atoms with Gasteiger partial charge in [0.15, 0.2) is 0 Å². The Morgan fingerprint density at radius 2 is 1.86 bits per heavy atom. The summed E-state index contributed by atoms with van der Waals surface area (Å²) in [6, 6.07) is 10.3. The van der Waals surface area contributed by atoms with Crippen LogP contribution in [0.3, 0.4) is 0 Å². The summed E-state index contributed by atoms with van der Waals surface area (Å²) < 4.78 is 8.01. The molecule has 2 N–H and O–H groups in total. The Kier molecular flexibility index (Phi) is 6.66. The summed E-state index contributed by atoms with van der Waals surface area (Å²) in [4.78, 5) is 54.7. The SMILES string of the molecule is CC(C)(C)OC(=O)n1cccc1C1CCN(CCn2c(=O)[nH]c3ccccc3c2=O)CC1C(=O)O. The molecule has 0 aliphatic carbocycles. The van der Waals surface area contributed by atoms with Crippen LogP contribution in [-0.2, 0) is 16.1 Å². The number of benzene rings is 1. The van der Waals surface area contributed by atoms with Crippen LogP contribution in [0.25, 0.3) is 10.9 Å². The average Bonchev–Trinajstić information content (AvgIpc) is 3.27. The highest BCUT2D eigenvalue weighted by molar-refractivity contribution is 5.77. The molecule has 3 aromatic rings. The molecule has 0 amide bonds. The Labute approximate surface area is 201 Å². The van der Waals surface area contributed by atoms with Crippen LogP contribution in [0.1, 0.15) is 38.8 Å². The van der Waals surface area contributed by atoms with Crippen molar-refractivity contribution in [2.75, 3.05) is 19.6 Å². The van der Waals surface area contributed by atoms with Gasteiger partial charge in [-0.1, -0.05) is 12.1 Å². The first kappa shape index (κ1) is 24.5. The number of aromatic nitrogens is 3. The van der Waals surface area contributed by atoms with E-state index in [2.05, 4.69) is 4.98 Å². The number of para-hydroxylation sites is 1. The lowest BCUT2D eigenvalue weighted by molar-refractivity contribution is -0.144. The molecule has 1 saturated heterocycles. The standard InChI is InChI=1S/C25H30N4O6/c1-25(2,3)35-24(34)28-11-6-9-20(28)16-10-12-27(15-18(16)22(31)32)13-14-29-21(30)17-7-4-5-8-19(17)26-23(29)33/h4-9,11,16,18H,10,12-15H2,1-3H3,(H,26,33)(H,31,32). The van der Waals surface area contributed by atoms with Crippen molar-refractivity contribution in [3.8, 4) is 0 Å². The van der Waals surface area contributed by atoms with Gasteiger partial charge in [0.25, 0.3) is 5.56 Å². The first-order valence-electron chi connectivity index (χ1n) is 11.6. The van der Waals surface area contributed by atoms with E-state index in [1.165, 1.54) is 4.57 Å².